The van der Waals surface area contributed by atoms with Crippen molar-refractivity contribution in [3.05, 3.63) is 30.2 Å². The second-order valence-electron chi connectivity index (χ2n) is 6.35. The SMILES string of the molecule is COCCN1C(=O)CN(C2CCN(C(=O)/C=C/c3ccco3)CC2)C1=O. The van der Waals surface area contributed by atoms with E-state index in [1.165, 1.54) is 18.1 Å². The fourth-order valence-electron chi connectivity index (χ4n) is 3.29. The van der Waals surface area contributed by atoms with Gasteiger partial charge in [-0.15, -0.1) is 0 Å². The minimum absolute atomic E-state index is 0.0166. The molecule has 2 saturated heterocycles. The summed E-state index contributed by atoms with van der Waals surface area (Å²) in [4.78, 5) is 41.3. The maximum absolute atomic E-state index is 12.4. The molecule has 0 atom stereocenters. The minimum Gasteiger partial charge on any atom is -0.465 e. The number of ether oxygens (including phenoxy) is 1. The molecule has 0 unspecified atom stereocenters. The van der Waals surface area contributed by atoms with Crippen LogP contribution in [0.5, 0.6) is 0 Å². The molecule has 0 aromatic carbocycles. The third kappa shape index (κ3) is 3.96. The number of carbonyl (C=O) groups excluding carboxylic acids is 3. The summed E-state index contributed by atoms with van der Waals surface area (Å²) in [7, 11) is 1.54. The van der Waals surface area contributed by atoms with Crippen LogP contribution in [0.1, 0.15) is 18.6 Å². The van der Waals surface area contributed by atoms with Crippen LogP contribution in [0.4, 0.5) is 4.79 Å². The molecule has 1 aromatic rings. The number of likely N-dealkylation sites (tertiary alicyclic amines) is 1. The third-order valence-electron chi connectivity index (χ3n) is 4.75. The van der Waals surface area contributed by atoms with E-state index in [1.807, 2.05) is 0 Å². The van der Waals surface area contributed by atoms with Crippen LogP contribution in [0.25, 0.3) is 6.08 Å². The molecular weight excluding hydrogens is 338 g/mol. The lowest BCUT2D eigenvalue weighted by molar-refractivity contribution is -0.128. The van der Waals surface area contributed by atoms with Crippen LogP contribution >= 0.6 is 0 Å². The Kier molecular flexibility index (Phi) is 5.72. The smallest absolute Gasteiger partial charge is 0.327 e. The molecule has 3 heterocycles. The molecule has 8 nitrogen and oxygen atoms in total. The van der Waals surface area contributed by atoms with E-state index >= 15 is 0 Å². The van der Waals surface area contributed by atoms with E-state index in [1.54, 1.807) is 34.3 Å². The zero-order valence-electron chi connectivity index (χ0n) is 14.8. The van der Waals surface area contributed by atoms with Gasteiger partial charge in [0, 0.05) is 32.3 Å². The van der Waals surface area contributed by atoms with Gasteiger partial charge in [-0.3, -0.25) is 14.5 Å². The molecule has 0 saturated carbocycles. The summed E-state index contributed by atoms with van der Waals surface area (Å²) >= 11 is 0. The number of imide groups is 1. The molecule has 2 fully saturated rings. The fourth-order valence-corrected chi connectivity index (χ4v) is 3.29. The number of furan rings is 1. The summed E-state index contributed by atoms with van der Waals surface area (Å²) in [5.41, 5.74) is 0. The minimum atomic E-state index is -0.255. The first-order chi connectivity index (χ1) is 12.6. The van der Waals surface area contributed by atoms with Gasteiger partial charge in [0.15, 0.2) is 0 Å². The van der Waals surface area contributed by atoms with Crippen molar-refractivity contribution in [3.8, 4) is 0 Å². The van der Waals surface area contributed by atoms with E-state index in [9.17, 15) is 14.4 Å². The van der Waals surface area contributed by atoms with Crippen LogP contribution in [0, 0.1) is 0 Å². The van der Waals surface area contributed by atoms with Crippen molar-refractivity contribution < 1.29 is 23.5 Å². The highest BCUT2D eigenvalue weighted by Crippen LogP contribution is 2.22. The summed E-state index contributed by atoms with van der Waals surface area (Å²) in [6.45, 7) is 1.84. The van der Waals surface area contributed by atoms with Crippen molar-refractivity contribution in [2.24, 2.45) is 0 Å². The van der Waals surface area contributed by atoms with E-state index in [4.69, 9.17) is 9.15 Å². The lowest BCUT2D eigenvalue weighted by Crippen LogP contribution is -2.47. The third-order valence-corrected chi connectivity index (χ3v) is 4.75. The normalized spacial score (nSPS) is 19.2. The Morgan fingerprint density at radius 2 is 2.12 bits per heavy atom. The number of hydrogen-bond acceptors (Lipinski definition) is 5. The van der Waals surface area contributed by atoms with Crippen LogP contribution < -0.4 is 0 Å². The molecule has 140 valence electrons. The molecule has 0 N–H and O–H groups in total. The van der Waals surface area contributed by atoms with Gasteiger partial charge in [0.25, 0.3) is 0 Å². The van der Waals surface area contributed by atoms with E-state index in [-0.39, 0.29) is 37.0 Å². The van der Waals surface area contributed by atoms with Crippen LogP contribution in [-0.2, 0) is 14.3 Å². The maximum atomic E-state index is 12.4. The second-order valence-corrected chi connectivity index (χ2v) is 6.35. The average molecular weight is 361 g/mol. The summed E-state index contributed by atoms with van der Waals surface area (Å²) in [6.07, 6.45) is 6.02. The Hall–Kier alpha value is -2.61. The summed E-state index contributed by atoms with van der Waals surface area (Å²) in [6, 6.07) is 3.27. The highest BCUT2D eigenvalue weighted by atomic mass is 16.5. The Morgan fingerprint density at radius 3 is 2.77 bits per heavy atom. The molecule has 0 radical (unpaired) electrons. The maximum Gasteiger partial charge on any atom is 0.327 e. The first-order valence-electron chi connectivity index (χ1n) is 8.70. The molecule has 8 heteroatoms. The summed E-state index contributed by atoms with van der Waals surface area (Å²) in [5.74, 6) is 0.364. The van der Waals surface area contributed by atoms with Crippen LogP contribution in [0.2, 0.25) is 0 Å². The molecule has 1 aromatic heterocycles. The molecule has 2 aliphatic rings. The van der Waals surface area contributed by atoms with Gasteiger partial charge in [-0.25, -0.2) is 4.79 Å². The van der Waals surface area contributed by atoms with Crippen LogP contribution in [0.15, 0.2) is 28.9 Å². The quantitative estimate of drug-likeness (QED) is 0.561. The summed E-state index contributed by atoms with van der Waals surface area (Å²) < 4.78 is 10.1. The van der Waals surface area contributed by atoms with E-state index in [0.29, 0.717) is 38.3 Å². The second kappa shape index (κ2) is 8.18. The van der Waals surface area contributed by atoms with E-state index in [2.05, 4.69) is 0 Å². The van der Waals surface area contributed by atoms with Crippen molar-refractivity contribution in [3.63, 3.8) is 0 Å². The molecule has 4 amide bonds. The molecule has 3 rings (SSSR count). The van der Waals surface area contributed by atoms with E-state index < -0.39 is 0 Å². The predicted octanol–water partition coefficient (Wildman–Crippen LogP) is 1.19. The fraction of sp³-hybridized carbons (Fsp3) is 0.500. The lowest BCUT2D eigenvalue weighted by Gasteiger charge is -2.35. The monoisotopic (exact) mass is 361 g/mol. The van der Waals surface area contributed by atoms with Crippen molar-refractivity contribution in [1.82, 2.24) is 14.7 Å². The largest absolute Gasteiger partial charge is 0.465 e. The van der Waals surface area contributed by atoms with Gasteiger partial charge in [0.05, 0.1) is 19.4 Å². The van der Waals surface area contributed by atoms with E-state index in [0.717, 1.165) is 0 Å². The lowest BCUT2D eigenvalue weighted by atomic mass is 10.0. The zero-order valence-corrected chi connectivity index (χ0v) is 14.8. The van der Waals surface area contributed by atoms with Gasteiger partial charge in [-0.2, -0.15) is 0 Å². The van der Waals surface area contributed by atoms with Crippen molar-refractivity contribution >= 4 is 23.9 Å². The Morgan fingerprint density at radius 1 is 1.35 bits per heavy atom. The van der Waals surface area contributed by atoms with Crippen LogP contribution in [-0.4, -0.2) is 78.5 Å². The molecule has 0 bridgehead atoms. The molecule has 2 aliphatic heterocycles. The van der Waals surface area contributed by atoms with Gasteiger partial charge in [0.2, 0.25) is 11.8 Å². The van der Waals surface area contributed by atoms with Gasteiger partial charge in [-0.05, 0) is 31.1 Å². The van der Waals surface area contributed by atoms with Crippen molar-refractivity contribution in [2.75, 3.05) is 39.9 Å². The Balaban J connectivity index is 1.51. The number of hydrogen-bond donors (Lipinski definition) is 0. The first-order valence-corrected chi connectivity index (χ1v) is 8.70. The highest BCUT2D eigenvalue weighted by Gasteiger charge is 2.40. The Bertz CT molecular complexity index is 677. The van der Waals surface area contributed by atoms with Gasteiger partial charge in [-0.1, -0.05) is 0 Å². The van der Waals surface area contributed by atoms with Crippen molar-refractivity contribution in [1.29, 1.82) is 0 Å². The first kappa shape index (κ1) is 18.2. The number of rotatable bonds is 6. The molecule has 0 aliphatic carbocycles. The number of nitrogens with zero attached hydrogens (tertiary/aromatic N) is 3. The topological polar surface area (TPSA) is 83.3 Å². The molecular formula is C18H23N3O5. The van der Waals surface area contributed by atoms with Crippen LogP contribution in [0.3, 0.4) is 0 Å². The number of carbonyl (C=O) groups is 3. The zero-order chi connectivity index (χ0) is 18.5. The molecule has 26 heavy (non-hydrogen) atoms. The number of amides is 4. The number of methoxy groups -OCH3 is 1. The summed E-state index contributed by atoms with van der Waals surface area (Å²) in [5, 5.41) is 0. The van der Waals surface area contributed by atoms with Gasteiger partial charge < -0.3 is 19.0 Å². The number of urea groups is 1. The number of piperidine rings is 1. The predicted molar refractivity (Wildman–Crippen MR) is 93.0 cm³/mol. The van der Waals surface area contributed by atoms with Gasteiger partial charge in [0.1, 0.15) is 12.3 Å². The Labute approximate surface area is 152 Å². The van der Waals surface area contributed by atoms with Crippen molar-refractivity contribution in [2.45, 2.75) is 18.9 Å². The highest BCUT2D eigenvalue weighted by molar-refractivity contribution is 6.02. The van der Waals surface area contributed by atoms with Gasteiger partial charge >= 0.3 is 6.03 Å². The average Bonchev–Trinajstić information content (AvgIpc) is 3.27. The standard InChI is InChI=1S/C18H23N3O5/c1-25-12-10-20-17(23)13-21(18(20)24)14-6-8-19(9-7-14)16(22)5-4-15-3-2-11-26-15/h2-5,11,14H,6-10,12-13H2,1H3/b5-4+. The molecule has 0 spiro atoms.